The maximum absolute atomic E-state index is 13.2. The molecule has 0 spiro atoms. The Kier molecular flexibility index (Phi) is 4.41. The number of H-pyrrole nitrogens is 1. The lowest BCUT2D eigenvalue weighted by Gasteiger charge is -2.07. The van der Waals surface area contributed by atoms with Crippen LogP contribution in [-0.4, -0.2) is 22.6 Å². The van der Waals surface area contributed by atoms with Crippen LogP contribution in [-0.2, 0) is 0 Å². The predicted molar refractivity (Wildman–Crippen MR) is 105 cm³/mol. The van der Waals surface area contributed by atoms with Crippen LogP contribution in [0.2, 0.25) is 0 Å². The summed E-state index contributed by atoms with van der Waals surface area (Å²) in [6, 6.07) is 17.3. The molecule has 28 heavy (non-hydrogen) atoms. The molecule has 1 amide bonds. The summed E-state index contributed by atoms with van der Waals surface area (Å²) >= 11 is 0. The van der Waals surface area contributed by atoms with Gasteiger partial charge in [0.25, 0.3) is 11.5 Å². The third-order valence-electron chi connectivity index (χ3n) is 4.33. The number of amides is 1. The second-order valence-electron chi connectivity index (χ2n) is 6.16. The van der Waals surface area contributed by atoms with Crippen LogP contribution < -0.4 is 15.6 Å². The smallest absolute Gasteiger partial charge is 0.272 e. The number of hydrogen-bond acceptors (Lipinski definition) is 3. The zero-order valence-electron chi connectivity index (χ0n) is 14.9. The Bertz CT molecular complexity index is 1230. The third-order valence-corrected chi connectivity index (χ3v) is 4.33. The highest BCUT2D eigenvalue weighted by Crippen LogP contribution is 2.20. The van der Waals surface area contributed by atoms with Crippen molar-refractivity contribution in [1.82, 2.24) is 9.55 Å². The molecule has 0 saturated carbocycles. The molecule has 0 radical (unpaired) electrons. The lowest BCUT2D eigenvalue weighted by Crippen LogP contribution is -2.17. The maximum Gasteiger partial charge on any atom is 0.272 e. The van der Waals surface area contributed by atoms with Crippen LogP contribution in [0.5, 0.6) is 5.75 Å². The summed E-state index contributed by atoms with van der Waals surface area (Å²) in [6.07, 6.45) is 0. The lowest BCUT2D eigenvalue weighted by atomic mass is 10.2. The van der Waals surface area contributed by atoms with Gasteiger partial charge >= 0.3 is 0 Å². The van der Waals surface area contributed by atoms with E-state index in [1.54, 1.807) is 43.5 Å². The van der Waals surface area contributed by atoms with Gasteiger partial charge in [-0.1, -0.05) is 6.07 Å². The van der Waals surface area contributed by atoms with Crippen molar-refractivity contribution in [2.75, 3.05) is 12.4 Å². The maximum atomic E-state index is 13.2. The van der Waals surface area contributed by atoms with Gasteiger partial charge in [-0.3, -0.25) is 14.2 Å². The fourth-order valence-electron chi connectivity index (χ4n) is 2.99. The Morgan fingerprint density at radius 1 is 1.07 bits per heavy atom. The van der Waals surface area contributed by atoms with Crippen molar-refractivity contribution in [1.29, 1.82) is 0 Å². The summed E-state index contributed by atoms with van der Waals surface area (Å²) in [4.78, 5) is 28.0. The summed E-state index contributed by atoms with van der Waals surface area (Å²) < 4.78 is 19.8. The van der Waals surface area contributed by atoms with E-state index in [9.17, 15) is 14.0 Å². The number of nitrogens with one attached hydrogen (secondary N) is 2. The van der Waals surface area contributed by atoms with Gasteiger partial charge in [-0.2, -0.15) is 0 Å². The highest BCUT2D eigenvalue weighted by molar-refractivity contribution is 6.05. The van der Waals surface area contributed by atoms with E-state index in [-0.39, 0.29) is 11.5 Å². The van der Waals surface area contributed by atoms with Crippen molar-refractivity contribution >= 4 is 22.6 Å². The lowest BCUT2D eigenvalue weighted by molar-refractivity contribution is 0.102. The number of aromatic amines is 1. The van der Waals surface area contributed by atoms with Gasteiger partial charge in [-0.15, -0.1) is 0 Å². The molecule has 4 rings (SSSR count). The van der Waals surface area contributed by atoms with Crippen molar-refractivity contribution in [3.63, 3.8) is 0 Å². The molecule has 2 aromatic heterocycles. The molecule has 6 nitrogen and oxygen atoms in total. The van der Waals surface area contributed by atoms with E-state index >= 15 is 0 Å². The van der Waals surface area contributed by atoms with Crippen molar-refractivity contribution in [3.05, 3.63) is 88.6 Å². The zero-order valence-corrected chi connectivity index (χ0v) is 14.9. The molecule has 0 saturated heterocycles. The number of aromatic nitrogens is 2. The molecular weight excluding hydrogens is 361 g/mol. The molecule has 140 valence electrons. The van der Waals surface area contributed by atoms with E-state index in [0.717, 1.165) is 0 Å². The molecule has 2 aromatic carbocycles. The second kappa shape index (κ2) is 7.03. The van der Waals surface area contributed by atoms with Crippen LogP contribution in [0.1, 0.15) is 10.5 Å². The van der Waals surface area contributed by atoms with Gasteiger partial charge in [-0.25, -0.2) is 4.39 Å². The second-order valence-corrected chi connectivity index (χ2v) is 6.16. The summed E-state index contributed by atoms with van der Waals surface area (Å²) in [5.74, 6) is -0.129. The van der Waals surface area contributed by atoms with Crippen molar-refractivity contribution in [2.24, 2.45) is 0 Å². The van der Waals surface area contributed by atoms with Crippen LogP contribution >= 0.6 is 0 Å². The number of ether oxygens (including phenoxy) is 1. The van der Waals surface area contributed by atoms with Crippen LogP contribution in [0.25, 0.3) is 16.7 Å². The van der Waals surface area contributed by atoms with Crippen LogP contribution in [0, 0.1) is 5.82 Å². The Morgan fingerprint density at radius 2 is 1.86 bits per heavy atom. The van der Waals surface area contributed by atoms with Crippen molar-refractivity contribution < 1.29 is 13.9 Å². The Morgan fingerprint density at radius 3 is 2.61 bits per heavy atom. The van der Waals surface area contributed by atoms with Crippen LogP contribution in [0.4, 0.5) is 10.1 Å². The SMILES string of the molecule is COc1cccc(NC(=O)c2cc3ccc(=O)n(-c4ccc(F)cc4)c3[nH]2)c1. The Balaban J connectivity index is 1.73. The minimum absolute atomic E-state index is 0.291. The van der Waals surface area contributed by atoms with E-state index in [1.807, 2.05) is 0 Å². The van der Waals surface area contributed by atoms with Gasteiger partial charge in [0.1, 0.15) is 22.9 Å². The van der Waals surface area contributed by atoms with E-state index in [0.29, 0.717) is 33.9 Å². The van der Waals surface area contributed by atoms with Gasteiger partial charge in [0, 0.05) is 23.2 Å². The minimum atomic E-state index is -0.395. The first-order valence-electron chi connectivity index (χ1n) is 8.51. The number of nitrogens with zero attached hydrogens (tertiary/aromatic N) is 1. The fraction of sp³-hybridized carbons (Fsp3) is 0.0476. The number of halogens is 1. The van der Waals surface area contributed by atoms with Crippen LogP contribution in [0.3, 0.4) is 0 Å². The van der Waals surface area contributed by atoms with Crippen molar-refractivity contribution in [3.8, 4) is 11.4 Å². The molecule has 0 aliphatic carbocycles. The number of fused-ring (bicyclic) bond motifs is 1. The van der Waals surface area contributed by atoms with E-state index in [1.165, 1.54) is 34.9 Å². The van der Waals surface area contributed by atoms with E-state index in [2.05, 4.69) is 10.3 Å². The van der Waals surface area contributed by atoms with E-state index in [4.69, 9.17) is 4.74 Å². The predicted octanol–water partition coefficient (Wildman–Crippen LogP) is 3.72. The molecule has 4 aromatic rings. The normalized spacial score (nSPS) is 10.8. The largest absolute Gasteiger partial charge is 0.497 e. The van der Waals surface area contributed by atoms with E-state index < -0.39 is 5.82 Å². The summed E-state index contributed by atoms with van der Waals surface area (Å²) in [5.41, 5.74) is 1.53. The first kappa shape index (κ1) is 17.5. The van der Waals surface area contributed by atoms with Gasteiger partial charge in [0.2, 0.25) is 0 Å². The first-order chi connectivity index (χ1) is 13.5. The molecule has 0 fully saturated rings. The zero-order chi connectivity index (χ0) is 19.7. The molecule has 0 aliphatic heterocycles. The topological polar surface area (TPSA) is 76.1 Å². The summed E-state index contributed by atoms with van der Waals surface area (Å²) in [7, 11) is 1.55. The molecule has 0 unspecified atom stereocenters. The molecule has 0 aliphatic rings. The summed E-state index contributed by atoms with van der Waals surface area (Å²) in [6.45, 7) is 0. The molecule has 7 heteroatoms. The monoisotopic (exact) mass is 377 g/mol. The highest BCUT2D eigenvalue weighted by atomic mass is 19.1. The summed E-state index contributed by atoms with van der Waals surface area (Å²) in [5, 5.41) is 3.47. The number of rotatable bonds is 4. The number of benzene rings is 2. The number of pyridine rings is 1. The first-order valence-corrected chi connectivity index (χ1v) is 8.51. The molecule has 0 atom stereocenters. The fourth-order valence-corrected chi connectivity index (χ4v) is 2.99. The quantitative estimate of drug-likeness (QED) is 0.569. The number of methoxy groups -OCH3 is 1. The average molecular weight is 377 g/mol. The van der Waals surface area contributed by atoms with Gasteiger partial charge in [0.05, 0.1) is 12.8 Å². The molecule has 2 N–H and O–H groups in total. The average Bonchev–Trinajstić information content (AvgIpc) is 3.13. The third kappa shape index (κ3) is 3.25. The number of anilines is 1. The van der Waals surface area contributed by atoms with Gasteiger partial charge in [-0.05, 0) is 48.5 Å². The minimum Gasteiger partial charge on any atom is -0.497 e. The Hall–Kier alpha value is -3.87. The highest BCUT2D eigenvalue weighted by Gasteiger charge is 2.14. The number of hydrogen-bond donors (Lipinski definition) is 2. The van der Waals surface area contributed by atoms with Crippen LogP contribution in [0.15, 0.2) is 71.5 Å². The molecular formula is C21H16FN3O3. The van der Waals surface area contributed by atoms with Gasteiger partial charge in [0.15, 0.2) is 0 Å². The number of carbonyl (C=O) groups excluding carboxylic acids is 1. The van der Waals surface area contributed by atoms with Crippen molar-refractivity contribution in [2.45, 2.75) is 0 Å². The van der Waals surface area contributed by atoms with Gasteiger partial charge < -0.3 is 15.0 Å². The molecule has 0 bridgehead atoms. The Labute approximate surface area is 159 Å². The standard InChI is InChI=1S/C21H16FN3O3/c1-28-17-4-2-3-15(12-17)23-21(27)18-11-13-5-10-19(26)25(20(13)24-18)16-8-6-14(22)7-9-16/h2-12,24H,1H3,(H,23,27). The number of carbonyl (C=O) groups is 1. The molecule has 2 heterocycles.